The summed E-state index contributed by atoms with van der Waals surface area (Å²) in [6.45, 7) is 0.184. The molecule has 0 aromatic rings. The van der Waals surface area contributed by atoms with E-state index in [4.69, 9.17) is 10.00 Å². The van der Waals surface area contributed by atoms with E-state index >= 15 is 0 Å². The zero-order chi connectivity index (χ0) is 10.9. The first-order chi connectivity index (χ1) is 7.16. The Labute approximate surface area is 86.8 Å². The third-order valence-corrected chi connectivity index (χ3v) is 2.64. The largest absolute Gasteiger partial charge is 0.339 e. The molecule has 0 bridgehead atoms. The van der Waals surface area contributed by atoms with Crippen LogP contribution in [0.25, 0.3) is 0 Å². The van der Waals surface area contributed by atoms with Crippen LogP contribution in [0, 0.1) is 23.2 Å². The minimum Gasteiger partial charge on any atom is -0.339 e. The van der Waals surface area contributed by atoms with Crippen molar-refractivity contribution in [2.75, 3.05) is 6.61 Å². The molecule has 0 spiro atoms. The van der Waals surface area contributed by atoms with E-state index in [1.807, 2.05) is 0 Å². The van der Waals surface area contributed by atoms with Crippen molar-refractivity contribution >= 4 is 0 Å². The summed E-state index contributed by atoms with van der Waals surface area (Å²) >= 11 is 0. The van der Waals surface area contributed by atoms with Gasteiger partial charge in [0, 0.05) is 0 Å². The molecule has 0 aromatic carbocycles. The summed E-state index contributed by atoms with van der Waals surface area (Å²) < 4.78 is 32.3. The Hall–Kier alpha value is -1.21. The molecule has 1 saturated carbocycles. The fraction of sp³-hybridized carbons (Fsp3) is 0.545. The Bertz CT molecular complexity index is 354. The third kappa shape index (κ3) is 1.93. The average molecular weight is 211 g/mol. The summed E-state index contributed by atoms with van der Waals surface area (Å²) in [4.78, 5) is 0. The Morgan fingerprint density at radius 1 is 1.60 bits per heavy atom. The highest BCUT2D eigenvalue weighted by molar-refractivity contribution is 5.27. The molecular formula is C11H11F2NO. The lowest BCUT2D eigenvalue weighted by Crippen LogP contribution is -2.37. The zero-order valence-corrected chi connectivity index (χ0v) is 8.12. The van der Waals surface area contributed by atoms with Crippen LogP contribution in [0.4, 0.5) is 8.78 Å². The lowest BCUT2D eigenvalue weighted by atomic mass is 9.95. The monoisotopic (exact) mass is 211 g/mol. The van der Waals surface area contributed by atoms with Gasteiger partial charge in [-0.25, -0.2) is 8.78 Å². The van der Waals surface area contributed by atoms with Crippen LogP contribution in [0.1, 0.15) is 12.8 Å². The second kappa shape index (κ2) is 3.74. The molecule has 0 saturated heterocycles. The van der Waals surface area contributed by atoms with Crippen molar-refractivity contribution in [3.63, 3.8) is 0 Å². The Balaban J connectivity index is 2.10. The lowest BCUT2D eigenvalue weighted by molar-refractivity contribution is -0.148. The van der Waals surface area contributed by atoms with Crippen LogP contribution in [0.5, 0.6) is 0 Å². The van der Waals surface area contributed by atoms with Crippen molar-refractivity contribution in [1.82, 2.24) is 0 Å². The van der Waals surface area contributed by atoms with Crippen LogP contribution < -0.4 is 0 Å². The molecular weight excluding hydrogens is 200 g/mol. The number of rotatable bonds is 3. The smallest absolute Gasteiger partial charge is 0.281 e. The van der Waals surface area contributed by atoms with Crippen molar-refractivity contribution in [3.8, 4) is 6.07 Å². The summed E-state index contributed by atoms with van der Waals surface area (Å²) in [5, 5.41) is 8.71. The first kappa shape index (κ1) is 10.3. The molecule has 2 rings (SSSR count). The Kier molecular flexibility index (Phi) is 2.57. The van der Waals surface area contributed by atoms with Crippen LogP contribution in [0.2, 0.25) is 0 Å². The molecule has 4 heteroatoms. The molecule has 0 radical (unpaired) electrons. The van der Waals surface area contributed by atoms with Gasteiger partial charge in [-0.15, -0.1) is 0 Å². The third-order valence-electron chi connectivity index (χ3n) is 2.64. The van der Waals surface area contributed by atoms with E-state index in [0.29, 0.717) is 5.92 Å². The molecule has 2 nitrogen and oxygen atoms in total. The lowest BCUT2D eigenvalue weighted by Gasteiger charge is -2.28. The minimum atomic E-state index is -2.58. The number of hydrogen-bond acceptors (Lipinski definition) is 2. The van der Waals surface area contributed by atoms with E-state index < -0.39 is 17.6 Å². The van der Waals surface area contributed by atoms with Crippen LogP contribution in [0.15, 0.2) is 24.1 Å². The maximum absolute atomic E-state index is 14.1. The van der Waals surface area contributed by atoms with Gasteiger partial charge in [0.2, 0.25) is 0 Å². The van der Waals surface area contributed by atoms with Gasteiger partial charge in [0.05, 0.1) is 12.7 Å². The van der Waals surface area contributed by atoms with Gasteiger partial charge in [0.25, 0.3) is 5.85 Å². The van der Waals surface area contributed by atoms with E-state index in [-0.39, 0.29) is 6.61 Å². The molecule has 1 fully saturated rings. The Morgan fingerprint density at radius 3 is 2.93 bits per heavy atom. The van der Waals surface area contributed by atoms with Crippen molar-refractivity contribution < 1.29 is 13.5 Å². The summed E-state index contributed by atoms with van der Waals surface area (Å²) in [6, 6.07) is 1.70. The topological polar surface area (TPSA) is 33.0 Å². The van der Waals surface area contributed by atoms with Crippen LogP contribution in [0.3, 0.4) is 0 Å². The number of alkyl halides is 1. The molecule has 2 unspecified atom stereocenters. The maximum Gasteiger partial charge on any atom is 0.281 e. The van der Waals surface area contributed by atoms with E-state index in [9.17, 15) is 8.78 Å². The first-order valence-corrected chi connectivity index (χ1v) is 4.94. The molecule has 2 aliphatic rings. The number of halogens is 2. The van der Waals surface area contributed by atoms with Crippen molar-refractivity contribution in [1.29, 1.82) is 5.26 Å². The molecule has 0 amide bonds. The SMILES string of the molecule is N#CC1C=CC=C(F)C1(F)OCC1CC1. The van der Waals surface area contributed by atoms with Gasteiger partial charge in [-0.3, -0.25) is 0 Å². The van der Waals surface area contributed by atoms with Crippen LogP contribution >= 0.6 is 0 Å². The number of hydrogen-bond donors (Lipinski definition) is 0. The highest BCUT2D eigenvalue weighted by atomic mass is 19.2. The molecule has 0 heterocycles. The van der Waals surface area contributed by atoms with E-state index in [0.717, 1.165) is 18.9 Å². The highest BCUT2D eigenvalue weighted by Gasteiger charge is 2.46. The summed E-state index contributed by atoms with van der Waals surface area (Å²) in [7, 11) is 0. The van der Waals surface area contributed by atoms with Crippen LogP contribution in [-0.2, 0) is 4.74 Å². The summed E-state index contributed by atoms with van der Waals surface area (Å²) in [6.07, 6.45) is 5.64. The molecule has 15 heavy (non-hydrogen) atoms. The molecule has 0 N–H and O–H groups in total. The molecule has 0 aliphatic heterocycles. The average Bonchev–Trinajstić information content (AvgIpc) is 3.03. The number of ether oxygens (including phenoxy) is 1. The molecule has 2 atom stereocenters. The van der Waals surface area contributed by atoms with Gasteiger partial charge in [-0.1, -0.05) is 12.2 Å². The van der Waals surface area contributed by atoms with Gasteiger partial charge in [0.1, 0.15) is 5.92 Å². The summed E-state index contributed by atoms with van der Waals surface area (Å²) in [5.41, 5.74) is 0. The first-order valence-electron chi connectivity index (χ1n) is 4.94. The second-order valence-corrected chi connectivity index (χ2v) is 3.91. The predicted molar refractivity (Wildman–Crippen MR) is 49.9 cm³/mol. The highest BCUT2D eigenvalue weighted by Crippen LogP contribution is 2.39. The second-order valence-electron chi connectivity index (χ2n) is 3.91. The predicted octanol–water partition coefficient (Wildman–Crippen LogP) is 2.64. The van der Waals surface area contributed by atoms with Gasteiger partial charge in [-0.2, -0.15) is 5.26 Å². The van der Waals surface area contributed by atoms with E-state index in [1.165, 1.54) is 12.2 Å². The van der Waals surface area contributed by atoms with Crippen molar-refractivity contribution in [3.05, 3.63) is 24.1 Å². The zero-order valence-electron chi connectivity index (χ0n) is 8.12. The standard InChI is InChI=1S/C11H11F2NO/c12-10-3-1-2-9(6-14)11(10,13)15-7-8-4-5-8/h1-3,8-9H,4-5,7H2. The quantitative estimate of drug-likeness (QED) is 0.718. The molecule has 0 aromatic heterocycles. The maximum atomic E-state index is 14.1. The van der Waals surface area contributed by atoms with E-state index in [1.54, 1.807) is 6.07 Å². The number of allylic oxidation sites excluding steroid dienone is 2. The van der Waals surface area contributed by atoms with Gasteiger partial charge in [-0.05, 0) is 24.8 Å². The minimum absolute atomic E-state index is 0.184. The van der Waals surface area contributed by atoms with Crippen molar-refractivity contribution in [2.24, 2.45) is 11.8 Å². The summed E-state index contributed by atoms with van der Waals surface area (Å²) in [5.74, 6) is -4.46. The van der Waals surface area contributed by atoms with E-state index in [2.05, 4.69) is 0 Å². The normalized spacial score (nSPS) is 34.7. The van der Waals surface area contributed by atoms with Gasteiger partial charge in [0.15, 0.2) is 5.83 Å². The van der Waals surface area contributed by atoms with Gasteiger partial charge >= 0.3 is 0 Å². The number of nitriles is 1. The fourth-order valence-corrected chi connectivity index (χ4v) is 1.45. The van der Waals surface area contributed by atoms with Crippen LogP contribution in [-0.4, -0.2) is 12.5 Å². The molecule has 80 valence electrons. The number of nitrogens with zero attached hydrogens (tertiary/aromatic N) is 1. The fourth-order valence-electron chi connectivity index (χ4n) is 1.45. The van der Waals surface area contributed by atoms with Crippen molar-refractivity contribution in [2.45, 2.75) is 18.7 Å². The molecule has 2 aliphatic carbocycles. The Morgan fingerprint density at radius 2 is 2.33 bits per heavy atom. The van der Waals surface area contributed by atoms with Gasteiger partial charge < -0.3 is 4.74 Å².